The van der Waals surface area contributed by atoms with Gasteiger partial charge in [-0.3, -0.25) is 0 Å². The maximum Gasteiger partial charge on any atom is 0.337 e. The number of carboxylic acids is 1. The Morgan fingerprint density at radius 2 is 2.11 bits per heavy atom. The summed E-state index contributed by atoms with van der Waals surface area (Å²) in [4.78, 5) is 11.3. The van der Waals surface area contributed by atoms with Crippen LogP contribution in [0.25, 0.3) is 5.69 Å². The van der Waals surface area contributed by atoms with E-state index < -0.39 is 5.97 Å². The van der Waals surface area contributed by atoms with E-state index in [1.807, 2.05) is 0 Å². The van der Waals surface area contributed by atoms with E-state index in [1.54, 1.807) is 36.7 Å². The molecule has 1 aromatic carbocycles. The molecular weight excluding hydrogens is 320 g/mol. The van der Waals surface area contributed by atoms with Crippen LogP contribution in [-0.4, -0.2) is 20.9 Å². The third-order valence-corrected chi connectivity index (χ3v) is 3.66. The summed E-state index contributed by atoms with van der Waals surface area (Å²) in [5, 5.41) is 14.0. The molecule has 1 N–H and O–H groups in total. The number of rotatable bonds is 2. The molecule has 0 fully saturated rings. The molecule has 0 aliphatic heterocycles. The predicted molar refractivity (Wildman–Crippen MR) is 72.7 cm³/mol. The van der Waals surface area contributed by atoms with Crippen molar-refractivity contribution in [2.45, 2.75) is 13.8 Å². The van der Waals surface area contributed by atoms with Gasteiger partial charge in [0.2, 0.25) is 0 Å². The zero-order valence-electron chi connectivity index (χ0n) is 9.74. The first kappa shape index (κ1) is 13.1. The Morgan fingerprint density at radius 3 is 2.61 bits per heavy atom. The molecule has 4 nitrogen and oxygen atoms in total. The van der Waals surface area contributed by atoms with Crippen molar-refractivity contribution in [2.24, 2.45) is 0 Å². The number of aromatic carboxylic acids is 1. The Hall–Kier alpha value is -1.33. The van der Waals surface area contributed by atoms with Crippen molar-refractivity contribution in [3.8, 4) is 5.69 Å². The average molecular weight is 330 g/mol. The van der Waals surface area contributed by atoms with Crippen LogP contribution in [0.1, 0.15) is 21.7 Å². The van der Waals surface area contributed by atoms with E-state index in [0.717, 1.165) is 5.69 Å². The van der Waals surface area contributed by atoms with Gasteiger partial charge in [-0.25, -0.2) is 9.48 Å². The van der Waals surface area contributed by atoms with Crippen LogP contribution in [0.3, 0.4) is 0 Å². The zero-order chi connectivity index (χ0) is 13.4. The topological polar surface area (TPSA) is 55.1 Å². The molecule has 0 spiro atoms. The van der Waals surface area contributed by atoms with E-state index in [9.17, 15) is 9.90 Å². The van der Waals surface area contributed by atoms with Gasteiger partial charge >= 0.3 is 5.97 Å². The van der Waals surface area contributed by atoms with Gasteiger partial charge in [-0.2, -0.15) is 5.10 Å². The van der Waals surface area contributed by atoms with Crippen molar-refractivity contribution in [1.29, 1.82) is 0 Å². The van der Waals surface area contributed by atoms with Gasteiger partial charge in [-0.15, -0.1) is 0 Å². The maximum atomic E-state index is 11.3. The van der Waals surface area contributed by atoms with Crippen LogP contribution in [0, 0.1) is 13.8 Å². The zero-order valence-corrected chi connectivity index (χ0v) is 12.1. The van der Waals surface area contributed by atoms with Crippen molar-refractivity contribution in [3.05, 3.63) is 44.6 Å². The molecule has 0 radical (unpaired) electrons. The standard InChI is InChI=1S/C12H10BrClN2O2/c1-6-11(14)7(2)16(15-6)10-4-3-8(13)5-9(10)12(17)18/h3-5H,1-2H3,(H,17,18). The summed E-state index contributed by atoms with van der Waals surface area (Å²) >= 11 is 9.33. The number of halogens is 2. The van der Waals surface area contributed by atoms with E-state index in [2.05, 4.69) is 21.0 Å². The third-order valence-electron chi connectivity index (χ3n) is 2.62. The monoisotopic (exact) mass is 328 g/mol. The first-order valence-electron chi connectivity index (χ1n) is 5.16. The molecule has 1 aromatic heterocycles. The summed E-state index contributed by atoms with van der Waals surface area (Å²) in [5.41, 5.74) is 2.07. The highest BCUT2D eigenvalue weighted by molar-refractivity contribution is 9.10. The summed E-state index contributed by atoms with van der Waals surface area (Å²) in [6, 6.07) is 5.01. The molecule has 0 atom stereocenters. The van der Waals surface area contributed by atoms with Gasteiger partial charge in [-0.1, -0.05) is 27.5 Å². The smallest absolute Gasteiger partial charge is 0.337 e. The van der Waals surface area contributed by atoms with Gasteiger partial charge in [0.25, 0.3) is 0 Å². The van der Waals surface area contributed by atoms with Crippen LogP contribution >= 0.6 is 27.5 Å². The Balaban J connectivity index is 2.71. The van der Waals surface area contributed by atoms with Crippen molar-refractivity contribution in [3.63, 3.8) is 0 Å². The van der Waals surface area contributed by atoms with Crippen LogP contribution in [0.5, 0.6) is 0 Å². The number of hydrogen-bond acceptors (Lipinski definition) is 2. The number of benzene rings is 1. The first-order valence-corrected chi connectivity index (χ1v) is 6.34. The van der Waals surface area contributed by atoms with Gasteiger partial charge in [-0.05, 0) is 32.0 Å². The molecule has 1 heterocycles. The Morgan fingerprint density at radius 1 is 1.44 bits per heavy atom. The fraction of sp³-hybridized carbons (Fsp3) is 0.167. The third kappa shape index (κ3) is 2.15. The minimum absolute atomic E-state index is 0.173. The molecule has 0 saturated carbocycles. The maximum absolute atomic E-state index is 11.3. The molecule has 0 aliphatic carbocycles. The van der Waals surface area contributed by atoms with E-state index in [0.29, 0.717) is 20.9 Å². The molecule has 2 rings (SSSR count). The molecule has 0 amide bonds. The lowest BCUT2D eigenvalue weighted by atomic mass is 10.2. The summed E-state index contributed by atoms with van der Waals surface area (Å²) in [7, 11) is 0. The lowest BCUT2D eigenvalue weighted by Crippen LogP contribution is -2.08. The largest absolute Gasteiger partial charge is 0.478 e. The molecule has 0 saturated heterocycles. The number of nitrogens with zero attached hydrogens (tertiary/aromatic N) is 2. The van der Waals surface area contributed by atoms with E-state index >= 15 is 0 Å². The van der Waals surface area contributed by atoms with Gasteiger partial charge in [0.15, 0.2) is 0 Å². The fourth-order valence-corrected chi connectivity index (χ4v) is 2.20. The van der Waals surface area contributed by atoms with Crippen LogP contribution in [0.15, 0.2) is 22.7 Å². The van der Waals surface area contributed by atoms with Gasteiger partial charge < -0.3 is 5.11 Å². The highest BCUT2D eigenvalue weighted by Gasteiger charge is 2.17. The summed E-state index contributed by atoms with van der Waals surface area (Å²) in [6.07, 6.45) is 0. The molecular formula is C12H10BrClN2O2. The first-order chi connectivity index (χ1) is 8.41. The molecule has 2 aromatic rings. The summed E-state index contributed by atoms with van der Waals surface area (Å²) < 4.78 is 2.25. The van der Waals surface area contributed by atoms with Crippen LogP contribution in [-0.2, 0) is 0 Å². The number of aromatic nitrogens is 2. The van der Waals surface area contributed by atoms with E-state index in [1.165, 1.54) is 0 Å². The quantitative estimate of drug-likeness (QED) is 0.916. The highest BCUT2D eigenvalue weighted by atomic mass is 79.9. The molecule has 0 unspecified atom stereocenters. The number of carboxylic acid groups (broad SMARTS) is 1. The van der Waals surface area contributed by atoms with Crippen molar-refractivity contribution >= 4 is 33.5 Å². The Labute approximate surface area is 117 Å². The molecule has 18 heavy (non-hydrogen) atoms. The van der Waals surface area contributed by atoms with Crippen molar-refractivity contribution in [2.75, 3.05) is 0 Å². The minimum atomic E-state index is -1.00. The second kappa shape index (κ2) is 4.74. The lowest BCUT2D eigenvalue weighted by molar-refractivity contribution is 0.0696. The van der Waals surface area contributed by atoms with Crippen LogP contribution in [0.2, 0.25) is 5.02 Å². The lowest BCUT2D eigenvalue weighted by Gasteiger charge is -2.08. The van der Waals surface area contributed by atoms with Crippen LogP contribution in [0.4, 0.5) is 0 Å². The Kier molecular flexibility index (Phi) is 3.45. The van der Waals surface area contributed by atoms with Gasteiger partial charge in [0, 0.05) is 4.47 Å². The average Bonchev–Trinajstić information content (AvgIpc) is 2.57. The van der Waals surface area contributed by atoms with E-state index in [4.69, 9.17) is 11.6 Å². The summed E-state index contributed by atoms with van der Waals surface area (Å²) in [5.74, 6) is -1.00. The Bertz CT molecular complexity index is 637. The number of carbonyl (C=O) groups is 1. The van der Waals surface area contributed by atoms with Crippen LogP contribution < -0.4 is 0 Å². The van der Waals surface area contributed by atoms with E-state index in [-0.39, 0.29) is 5.56 Å². The highest BCUT2D eigenvalue weighted by Crippen LogP contribution is 2.26. The minimum Gasteiger partial charge on any atom is -0.478 e. The number of hydrogen-bond donors (Lipinski definition) is 1. The molecule has 0 bridgehead atoms. The second-order valence-corrected chi connectivity index (χ2v) is 5.16. The summed E-state index contributed by atoms with van der Waals surface area (Å²) in [6.45, 7) is 3.58. The second-order valence-electron chi connectivity index (χ2n) is 3.86. The van der Waals surface area contributed by atoms with Crippen molar-refractivity contribution < 1.29 is 9.90 Å². The predicted octanol–water partition coefficient (Wildman–Crippen LogP) is 3.60. The number of aryl methyl sites for hydroxylation is 1. The van der Waals surface area contributed by atoms with Gasteiger partial charge in [0.05, 0.1) is 27.7 Å². The normalized spacial score (nSPS) is 10.7. The molecule has 6 heteroatoms. The SMILES string of the molecule is Cc1nn(-c2ccc(Br)cc2C(=O)O)c(C)c1Cl. The fourth-order valence-electron chi connectivity index (χ4n) is 1.72. The molecule has 94 valence electrons. The van der Waals surface area contributed by atoms with Gasteiger partial charge in [0.1, 0.15) is 0 Å². The van der Waals surface area contributed by atoms with Crippen molar-refractivity contribution in [1.82, 2.24) is 9.78 Å². The molecule has 0 aliphatic rings.